The van der Waals surface area contributed by atoms with E-state index in [9.17, 15) is 21.6 Å². The van der Waals surface area contributed by atoms with Crippen molar-refractivity contribution in [2.45, 2.75) is 30.6 Å². The van der Waals surface area contributed by atoms with Gasteiger partial charge in [0.1, 0.15) is 0 Å². The molecule has 0 radical (unpaired) electrons. The van der Waals surface area contributed by atoms with E-state index in [0.717, 1.165) is 4.31 Å². The number of nitrogens with zero attached hydrogens (tertiary/aromatic N) is 1. The quantitative estimate of drug-likeness (QED) is 0.563. The number of aryl methyl sites for hydroxylation is 1. The fourth-order valence-electron chi connectivity index (χ4n) is 2.69. The van der Waals surface area contributed by atoms with Gasteiger partial charge in [0.25, 0.3) is 10.0 Å². The molecule has 2 rings (SSSR count). The van der Waals surface area contributed by atoms with E-state index in [1.165, 1.54) is 45.3 Å². The molecule has 0 spiro atoms. The molecular formula is C19H26N4O5S2. The molecule has 1 amide bonds. The first-order valence-electron chi connectivity index (χ1n) is 9.10. The monoisotopic (exact) mass is 454 g/mol. The number of hydrogen-bond acceptors (Lipinski definition) is 6. The SMILES string of the molecule is CCNc1ccc(S(=O)(=O)N(C)C)cc1NS(=O)(=O)c1cc(NC(C)=O)ccc1C. The molecule has 0 fully saturated rings. The smallest absolute Gasteiger partial charge is 0.262 e. The highest BCUT2D eigenvalue weighted by Gasteiger charge is 2.23. The summed E-state index contributed by atoms with van der Waals surface area (Å²) in [4.78, 5) is 11.2. The zero-order valence-electron chi connectivity index (χ0n) is 17.5. The van der Waals surface area contributed by atoms with E-state index in [-0.39, 0.29) is 21.4 Å². The molecule has 0 aromatic heterocycles. The van der Waals surface area contributed by atoms with Crippen LogP contribution in [0.1, 0.15) is 19.4 Å². The van der Waals surface area contributed by atoms with Crippen molar-refractivity contribution in [3.05, 3.63) is 42.0 Å². The summed E-state index contributed by atoms with van der Waals surface area (Å²) in [5.41, 5.74) is 1.35. The Bertz CT molecular complexity index is 1160. The Hall–Kier alpha value is -2.63. The third-order valence-corrected chi connectivity index (χ3v) is 7.50. The Kier molecular flexibility index (Phi) is 7.11. The lowest BCUT2D eigenvalue weighted by molar-refractivity contribution is -0.114. The van der Waals surface area contributed by atoms with Crippen molar-refractivity contribution in [3.8, 4) is 0 Å². The topological polar surface area (TPSA) is 125 Å². The Balaban J connectivity index is 2.55. The molecule has 0 aliphatic heterocycles. The number of sulfonamides is 2. The van der Waals surface area contributed by atoms with Crippen molar-refractivity contribution in [1.82, 2.24) is 4.31 Å². The van der Waals surface area contributed by atoms with Crippen LogP contribution in [0.3, 0.4) is 0 Å². The molecule has 164 valence electrons. The van der Waals surface area contributed by atoms with Crippen molar-refractivity contribution >= 4 is 43.0 Å². The van der Waals surface area contributed by atoms with Crippen molar-refractivity contribution in [2.24, 2.45) is 0 Å². The molecule has 0 unspecified atom stereocenters. The number of carbonyl (C=O) groups is 1. The van der Waals surface area contributed by atoms with Gasteiger partial charge in [0.15, 0.2) is 0 Å². The minimum Gasteiger partial charge on any atom is -0.384 e. The van der Waals surface area contributed by atoms with Gasteiger partial charge in [0.2, 0.25) is 15.9 Å². The van der Waals surface area contributed by atoms with Crippen LogP contribution in [0.2, 0.25) is 0 Å². The van der Waals surface area contributed by atoms with Gasteiger partial charge in [-0.25, -0.2) is 21.1 Å². The Morgan fingerprint density at radius 1 is 1.00 bits per heavy atom. The molecule has 0 aliphatic rings. The number of nitrogens with one attached hydrogen (secondary N) is 3. The number of hydrogen-bond donors (Lipinski definition) is 3. The van der Waals surface area contributed by atoms with E-state index >= 15 is 0 Å². The molecule has 0 bridgehead atoms. The lowest BCUT2D eigenvalue weighted by atomic mass is 10.2. The van der Waals surface area contributed by atoms with Gasteiger partial charge in [-0.05, 0) is 49.7 Å². The molecule has 2 aromatic carbocycles. The molecule has 0 heterocycles. The fourth-order valence-corrected chi connectivity index (χ4v) is 4.96. The zero-order chi connectivity index (χ0) is 22.7. The molecule has 0 saturated heterocycles. The maximum absolute atomic E-state index is 13.1. The number of carbonyl (C=O) groups excluding carboxylic acids is 1. The highest BCUT2D eigenvalue weighted by Crippen LogP contribution is 2.30. The Morgan fingerprint density at radius 2 is 1.67 bits per heavy atom. The summed E-state index contributed by atoms with van der Waals surface area (Å²) >= 11 is 0. The van der Waals surface area contributed by atoms with Crippen molar-refractivity contribution in [2.75, 3.05) is 36.0 Å². The average molecular weight is 455 g/mol. The highest BCUT2D eigenvalue weighted by atomic mass is 32.2. The highest BCUT2D eigenvalue weighted by molar-refractivity contribution is 7.92. The number of anilines is 3. The summed E-state index contributed by atoms with van der Waals surface area (Å²) in [7, 11) is -5.04. The van der Waals surface area contributed by atoms with Crippen LogP contribution in [0.25, 0.3) is 0 Å². The summed E-state index contributed by atoms with van der Waals surface area (Å²) in [5, 5.41) is 5.57. The molecule has 9 nitrogen and oxygen atoms in total. The normalized spacial score (nSPS) is 11.9. The second-order valence-electron chi connectivity index (χ2n) is 6.79. The maximum atomic E-state index is 13.1. The van der Waals surface area contributed by atoms with Gasteiger partial charge >= 0.3 is 0 Å². The molecule has 3 N–H and O–H groups in total. The fraction of sp³-hybridized carbons (Fsp3) is 0.316. The van der Waals surface area contributed by atoms with Crippen LogP contribution in [0, 0.1) is 6.92 Å². The molecule has 0 aliphatic carbocycles. The van der Waals surface area contributed by atoms with Gasteiger partial charge in [-0.15, -0.1) is 0 Å². The van der Waals surface area contributed by atoms with Crippen LogP contribution >= 0.6 is 0 Å². The third kappa shape index (κ3) is 5.29. The third-order valence-electron chi connectivity index (χ3n) is 4.18. The Labute approximate surface area is 177 Å². The van der Waals surface area contributed by atoms with Crippen molar-refractivity contribution < 1.29 is 21.6 Å². The van der Waals surface area contributed by atoms with Gasteiger partial charge < -0.3 is 10.6 Å². The molecule has 0 atom stereocenters. The molecule has 2 aromatic rings. The minimum absolute atomic E-state index is 0.0305. The van der Waals surface area contributed by atoms with Crippen molar-refractivity contribution in [3.63, 3.8) is 0 Å². The standard InChI is InChI=1S/C19H26N4O5S2/c1-6-20-17-10-9-16(30(27,28)23(4)5)12-18(17)22-29(25,26)19-11-15(21-14(3)24)8-7-13(19)2/h7-12,20,22H,6H2,1-5H3,(H,21,24). The van der Waals surface area contributed by atoms with Crippen LogP contribution in [-0.4, -0.2) is 47.7 Å². The summed E-state index contributed by atoms with van der Waals surface area (Å²) in [5.74, 6) is -0.328. The number of rotatable bonds is 8. The largest absolute Gasteiger partial charge is 0.384 e. The first-order valence-corrected chi connectivity index (χ1v) is 12.0. The lowest BCUT2D eigenvalue weighted by Gasteiger charge is -2.18. The van der Waals surface area contributed by atoms with Gasteiger partial charge in [0.05, 0.1) is 21.2 Å². The van der Waals surface area contributed by atoms with E-state index in [1.54, 1.807) is 19.1 Å². The number of benzene rings is 2. The van der Waals surface area contributed by atoms with Crippen LogP contribution in [0.4, 0.5) is 17.1 Å². The van der Waals surface area contributed by atoms with E-state index in [1.807, 2.05) is 6.92 Å². The number of amides is 1. The Morgan fingerprint density at radius 3 is 2.23 bits per heavy atom. The predicted octanol–water partition coefficient (Wildman–Crippen LogP) is 2.44. The first kappa shape index (κ1) is 23.6. The second-order valence-corrected chi connectivity index (χ2v) is 10.6. The lowest BCUT2D eigenvalue weighted by Crippen LogP contribution is -2.23. The molecular weight excluding hydrogens is 428 g/mol. The second kappa shape index (κ2) is 9.02. The van der Waals surface area contributed by atoms with Crippen LogP contribution in [-0.2, 0) is 24.8 Å². The van der Waals surface area contributed by atoms with Crippen LogP contribution in [0.5, 0.6) is 0 Å². The van der Waals surface area contributed by atoms with E-state index in [0.29, 0.717) is 23.5 Å². The molecule has 0 saturated carbocycles. The van der Waals surface area contributed by atoms with Crippen LogP contribution in [0.15, 0.2) is 46.2 Å². The van der Waals surface area contributed by atoms with E-state index < -0.39 is 20.0 Å². The summed E-state index contributed by atoms with van der Waals surface area (Å²) in [6.45, 7) is 5.30. The minimum atomic E-state index is -4.08. The van der Waals surface area contributed by atoms with Gasteiger partial charge in [0, 0.05) is 33.3 Å². The van der Waals surface area contributed by atoms with Gasteiger partial charge in [-0.1, -0.05) is 6.07 Å². The molecule has 11 heteroatoms. The zero-order valence-corrected chi connectivity index (χ0v) is 19.1. The first-order chi connectivity index (χ1) is 13.9. The van der Waals surface area contributed by atoms with Crippen LogP contribution < -0.4 is 15.4 Å². The summed E-state index contributed by atoms with van der Waals surface area (Å²) in [6.07, 6.45) is 0. The molecule has 30 heavy (non-hydrogen) atoms. The maximum Gasteiger partial charge on any atom is 0.262 e. The average Bonchev–Trinajstić information content (AvgIpc) is 2.64. The van der Waals surface area contributed by atoms with Gasteiger partial charge in [-0.3, -0.25) is 9.52 Å². The summed E-state index contributed by atoms with van der Waals surface area (Å²) in [6, 6.07) is 8.73. The van der Waals surface area contributed by atoms with Crippen molar-refractivity contribution in [1.29, 1.82) is 0 Å². The summed E-state index contributed by atoms with van der Waals surface area (Å²) < 4.78 is 54.7. The van der Waals surface area contributed by atoms with E-state index in [2.05, 4.69) is 15.4 Å². The van der Waals surface area contributed by atoms with Gasteiger partial charge in [-0.2, -0.15) is 0 Å². The predicted molar refractivity (Wildman–Crippen MR) is 118 cm³/mol. The van der Waals surface area contributed by atoms with E-state index in [4.69, 9.17) is 0 Å².